The number of aliphatic imine (C=N–C) groups is 1. The highest BCUT2D eigenvalue weighted by molar-refractivity contribution is 6.76. The second kappa shape index (κ2) is 13.9. The van der Waals surface area contributed by atoms with Gasteiger partial charge in [-0.3, -0.25) is 19.4 Å². The summed E-state index contributed by atoms with van der Waals surface area (Å²) in [7, 11) is 2.88. The Labute approximate surface area is 280 Å². The molecular formula is C36H51N7O3Si. The van der Waals surface area contributed by atoms with Crippen LogP contribution in [0.15, 0.2) is 41.5 Å². The standard InChI is InChI=1S/C36H51N7O3Si/c1-25-9-8-10-32-30(22-37-41(32)4)31-20-27(19-26(2)38-31)35(44)39-36-42(23-25)34-21-29(46-28-13-15-40(3)16-14-28)11-12-33(34)43(36)24-45-17-18-47(5,6)7/h11-12,19-22,25,28H,8-10,13-18,23-24H2,1-7H3/t25-/m1/s1. The fourth-order valence-electron chi connectivity index (χ4n) is 6.72. The Kier molecular flexibility index (Phi) is 9.87. The molecule has 0 aliphatic carbocycles. The normalized spacial score (nSPS) is 19.6. The summed E-state index contributed by atoms with van der Waals surface area (Å²) in [4.78, 5) is 30.4. The molecule has 3 aromatic rings. The molecule has 0 N–H and O–H groups in total. The molecule has 2 bridgehead atoms. The molecule has 1 aromatic carbocycles. The summed E-state index contributed by atoms with van der Waals surface area (Å²) in [5, 5.41) is 4.56. The number of piperidine rings is 1. The molecule has 0 unspecified atom stereocenters. The molecule has 5 heterocycles. The van der Waals surface area contributed by atoms with Crippen molar-refractivity contribution >= 4 is 31.3 Å². The number of rotatable bonds is 7. The molecule has 47 heavy (non-hydrogen) atoms. The molecule has 0 spiro atoms. The number of likely N-dealkylation sites (tertiary alicyclic amines) is 1. The molecule has 1 atom stereocenters. The van der Waals surface area contributed by atoms with Gasteiger partial charge in [0.2, 0.25) is 5.96 Å². The van der Waals surface area contributed by atoms with E-state index in [4.69, 9.17) is 19.5 Å². The Morgan fingerprint density at radius 1 is 1.02 bits per heavy atom. The first-order valence-electron chi connectivity index (χ1n) is 17.2. The number of ether oxygens (including phenoxy) is 2. The predicted molar refractivity (Wildman–Crippen MR) is 191 cm³/mol. The number of aromatic nitrogens is 3. The van der Waals surface area contributed by atoms with Crippen LogP contribution in [0.2, 0.25) is 25.7 Å². The molecule has 0 radical (unpaired) electrons. The SMILES string of the molecule is Cc1cc2cc(n1)-c1cnn(C)c1CCC[C@@H](C)CN1C(=NC2=O)N(COCC[Si](C)(C)C)c2ccc(OC3CCN(C)CC3)cc21. The quantitative estimate of drug-likeness (QED) is 0.214. The third-order valence-corrected chi connectivity index (χ3v) is 11.2. The van der Waals surface area contributed by atoms with Crippen molar-refractivity contribution in [3.8, 4) is 17.0 Å². The summed E-state index contributed by atoms with van der Waals surface area (Å²) in [6.07, 6.45) is 7.01. The van der Waals surface area contributed by atoms with E-state index in [9.17, 15) is 4.79 Å². The minimum absolute atomic E-state index is 0.195. The zero-order valence-corrected chi connectivity index (χ0v) is 30.3. The fourth-order valence-corrected chi connectivity index (χ4v) is 7.48. The van der Waals surface area contributed by atoms with Gasteiger partial charge in [0.15, 0.2) is 0 Å². The topological polar surface area (TPSA) is 88.3 Å². The van der Waals surface area contributed by atoms with E-state index in [1.165, 1.54) is 0 Å². The number of fused-ring (bicyclic) bond motifs is 7. The van der Waals surface area contributed by atoms with Crippen LogP contribution in [0.25, 0.3) is 11.3 Å². The number of guanidine groups is 1. The van der Waals surface area contributed by atoms with Gasteiger partial charge in [0.05, 0.1) is 23.3 Å². The van der Waals surface area contributed by atoms with Crippen LogP contribution in [-0.2, 0) is 18.2 Å². The monoisotopic (exact) mass is 657 g/mol. The van der Waals surface area contributed by atoms with Crippen LogP contribution >= 0.6 is 0 Å². The van der Waals surface area contributed by atoms with E-state index in [0.29, 0.717) is 30.8 Å². The summed E-state index contributed by atoms with van der Waals surface area (Å²) in [5.41, 5.74) is 6.16. The van der Waals surface area contributed by atoms with E-state index in [-0.39, 0.29) is 12.0 Å². The Hall–Kier alpha value is -3.54. The maximum absolute atomic E-state index is 14.1. The highest BCUT2D eigenvalue weighted by Gasteiger charge is 2.36. The molecule has 0 saturated carbocycles. The number of aryl methyl sites for hydroxylation is 2. The number of hydrogen-bond acceptors (Lipinski definition) is 8. The number of hydrogen-bond donors (Lipinski definition) is 0. The van der Waals surface area contributed by atoms with Crippen molar-refractivity contribution in [2.24, 2.45) is 18.0 Å². The first-order valence-corrected chi connectivity index (χ1v) is 20.9. The van der Waals surface area contributed by atoms with Crippen LogP contribution in [-0.4, -0.2) is 85.7 Å². The maximum Gasteiger partial charge on any atom is 0.280 e. The van der Waals surface area contributed by atoms with Crippen molar-refractivity contribution in [3.63, 3.8) is 0 Å². The zero-order valence-electron chi connectivity index (χ0n) is 29.3. The van der Waals surface area contributed by atoms with Crippen molar-refractivity contribution in [2.45, 2.75) is 77.7 Å². The fraction of sp³-hybridized carbons (Fsp3) is 0.556. The molecule has 6 rings (SSSR count). The van der Waals surface area contributed by atoms with E-state index in [1.54, 1.807) is 0 Å². The van der Waals surface area contributed by atoms with Gasteiger partial charge in [0.1, 0.15) is 18.6 Å². The highest BCUT2D eigenvalue weighted by Crippen LogP contribution is 2.41. The number of nitrogens with zero attached hydrogens (tertiary/aromatic N) is 7. The van der Waals surface area contributed by atoms with Crippen molar-refractivity contribution in [2.75, 3.05) is 49.8 Å². The van der Waals surface area contributed by atoms with Crippen LogP contribution < -0.4 is 14.5 Å². The van der Waals surface area contributed by atoms with Gasteiger partial charge in [0.25, 0.3) is 5.91 Å². The summed E-state index contributed by atoms with van der Waals surface area (Å²) in [6.45, 7) is 15.1. The van der Waals surface area contributed by atoms with Crippen molar-refractivity contribution in [1.29, 1.82) is 0 Å². The molecule has 10 nitrogen and oxygen atoms in total. The van der Waals surface area contributed by atoms with Gasteiger partial charge in [-0.15, -0.1) is 0 Å². The molecule has 1 saturated heterocycles. The second-order valence-electron chi connectivity index (χ2n) is 14.9. The Bertz CT molecular complexity index is 1620. The molecule has 2 aromatic heterocycles. The lowest BCUT2D eigenvalue weighted by Gasteiger charge is -2.29. The average molecular weight is 658 g/mol. The van der Waals surface area contributed by atoms with Crippen LogP contribution in [0, 0.1) is 12.8 Å². The number of anilines is 2. The second-order valence-corrected chi connectivity index (χ2v) is 20.5. The first-order chi connectivity index (χ1) is 22.4. The predicted octanol–water partition coefficient (Wildman–Crippen LogP) is 6.37. The Morgan fingerprint density at radius 2 is 1.81 bits per heavy atom. The lowest BCUT2D eigenvalue weighted by molar-refractivity contribution is 0.100. The summed E-state index contributed by atoms with van der Waals surface area (Å²) in [6, 6.07) is 11.1. The molecular weight excluding hydrogens is 607 g/mol. The minimum Gasteiger partial charge on any atom is -0.490 e. The summed E-state index contributed by atoms with van der Waals surface area (Å²) < 4.78 is 14.8. The average Bonchev–Trinajstić information content (AvgIpc) is 3.51. The highest BCUT2D eigenvalue weighted by atomic mass is 28.3. The molecule has 3 aliphatic rings. The maximum atomic E-state index is 14.1. The largest absolute Gasteiger partial charge is 0.490 e. The van der Waals surface area contributed by atoms with Gasteiger partial charge >= 0.3 is 0 Å². The number of carbonyl (C=O) groups excluding carboxylic acids is 1. The van der Waals surface area contributed by atoms with E-state index in [2.05, 4.69) is 71.6 Å². The van der Waals surface area contributed by atoms with Crippen LogP contribution in [0.1, 0.15) is 54.4 Å². The lowest BCUT2D eigenvalue weighted by Crippen LogP contribution is -2.42. The van der Waals surface area contributed by atoms with Gasteiger partial charge in [-0.05, 0) is 82.3 Å². The summed E-state index contributed by atoms with van der Waals surface area (Å²) in [5.74, 6) is 1.51. The van der Waals surface area contributed by atoms with E-state index >= 15 is 0 Å². The van der Waals surface area contributed by atoms with Crippen LogP contribution in [0.5, 0.6) is 5.75 Å². The third-order valence-electron chi connectivity index (χ3n) is 9.54. The third kappa shape index (κ3) is 7.79. The Balaban J connectivity index is 1.39. The van der Waals surface area contributed by atoms with Crippen LogP contribution in [0.4, 0.5) is 11.4 Å². The molecule has 1 fully saturated rings. The van der Waals surface area contributed by atoms with Crippen LogP contribution in [0.3, 0.4) is 0 Å². The number of amides is 1. The lowest BCUT2D eigenvalue weighted by atomic mass is 9.99. The van der Waals surface area contributed by atoms with Gasteiger partial charge in [-0.2, -0.15) is 10.1 Å². The van der Waals surface area contributed by atoms with Gasteiger partial charge in [0, 0.05) is 69.9 Å². The number of carbonyl (C=O) groups is 1. The molecule has 252 valence electrons. The van der Waals surface area contributed by atoms with Crippen molar-refractivity contribution in [3.05, 3.63) is 53.5 Å². The molecule has 3 aliphatic heterocycles. The number of benzene rings is 1. The minimum atomic E-state index is -1.27. The smallest absolute Gasteiger partial charge is 0.280 e. The molecule has 11 heteroatoms. The van der Waals surface area contributed by atoms with Gasteiger partial charge < -0.3 is 19.3 Å². The van der Waals surface area contributed by atoms with Crippen molar-refractivity contribution in [1.82, 2.24) is 19.7 Å². The number of pyridine rings is 1. The van der Waals surface area contributed by atoms with Crippen molar-refractivity contribution < 1.29 is 14.3 Å². The van der Waals surface area contributed by atoms with E-state index in [0.717, 1.165) is 97.6 Å². The van der Waals surface area contributed by atoms with E-state index < -0.39 is 8.07 Å². The van der Waals surface area contributed by atoms with E-state index in [1.807, 2.05) is 37.0 Å². The van der Waals surface area contributed by atoms with Gasteiger partial charge in [-0.1, -0.05) is 26.6 Å². The zero-order chi connectivity index (χ0) is 33.3. The van der Waals surface area contributed by atoms with Gasteiger partial charge in [-0.25, -0.2) is 0 Å². The Morgan fingerprint density at radius 3 is 2.57 bits per heavy atom. The first kappa shape index (κ1) is 33.4. The molecule has 1 amide bonds. The summed E-state index contributed by atoms with van der Waals surface area (Å²) >= 11 is 0.